The molecule has 0 aliphatic heterocycles. The van der Waals surface area contributed by atoms with Gasteiger partial charge in [0.2, 0.25) is 0 Å². The molecule has 0 amide bonds. The number of hydrogen-bond acceptors (Lipinski definition) is 3. The predicted molar refractivity (Wildman–Crippen MR) is 176 cm³/mol. The molecule has 0 bridgehead atoms. The van der Waals surface area contributed by atoms with Crippen LogP contribution in [0.25, 0.3) is 87.3 Å². The van der Waals surface area contributed by atoms with Gasteiger partial charge in [-0.05, 0) is 67.7 Å². The standard InChI is InChI=1S/C39H23N3/c1-2-9-30-24(7-1)13-15-26-22-35(31-10-3-4-11-32(31)36(26)30)34-18-17-29(33-12-6-20-41-39(33)34)28-21-27-16-14-25-8-5-19-40-37(25)38(27)42-23-28/h1-23H. The van der Waals surface area contributed by atoms with Crippen molar-refractivity contribution in [3.05, 3.63) is 140 Å². The molecule has 194 valence electrons. The Kier molecular flexibility index (Phi) is 4.90. The summed E-state index contributed by atoms with van der Waals surface area (Å²) in [5.41, 5.74) is 7.35. The lowest BCUT2D eigenvalue weighted by molar-refractivity contribution is 1.37. The second kappa shape index (κ2) is 8.92. The highest BCUT2D eigenvalue weighted by molar-refractivity contribution is 6.24. The van der Waals surface area contributed by atoms with Crippen LogP contribution in [0.5, 0.6) is 0 Å². The molecule has 3 heterocycles. The number of pyridine rings is 3. The highest BCUT2D eigenvalue weighted by Gasteiger charge is 2.16. The fraction of sp³-hybridized carbons (Fsp3) is 0. The molecule has 0 N–H and O–H groups in total. The molecule has 0 radical (unpaired) electrons. The van der Waals surface area contributed by atoms with Gasteiger partial charge in [0.05, 0.1) is 16.6 Å². The zero-order chi connectivity index (χ0) is 27.6. The first kappa shape index (κ1) is 23.1. The van der Waals surface area contributed by atoms with Crippen LogP contribution in [0, 0.1) is 0 Å². The van der Waals surface area contributed by atoms with E-state index in [0.29, 0.717) is 0 Å². The number of hydrogen-bond donors (Lipinski definition) is 0. The van der Waals surface area contributed by atoms with Crippen LogP contribution >= 0.6 is 0 Å². The third kappa shape index (κ3) is 3.37. The van der Waals surface area contributed by atoms with Crippen LogP contribution in [0.4, 0.5) is 0 Å². The summed E-state index contributed by atoms with van der Waals surface area (Å²) in [6.45, 7) is 0. The van der Waals surface area contributed by atoms with Crippen LogP contribution in [0.1, 0.15) is 0 Å². The Morgan fingerprint density at radius 1 is 0.357 bits per heavy atom. The molecular weight excluding hydrogens is 510 g/mol. The Hall–Kier alpha value is -5.67. The average Bonchev–Trinajstić information content (AvgIpc) is 3.07. The van der Waals surface area contributed by atoms with Gasteiger partial charge in [0, 0.05) is 45.9 Å². The van der Waals surface area contributed by atoms with Gasteiger partial charge in [-0.1, -0.05) is 97.1 Å². The number of benzene rings is 6. The topological polar surface area (TPSA) is 38.7 Å². The molecule has 0 fully saturated rings. The molecule has 9 rings (SSSR count). The van der Waals surface area contributed by atoms with E-state index >= 15 is 0 Å². The summed E-state index contributed by atoms with van der Waals surface area (Å²) < 4.78 is 0. The van der Waals surface area contributed by atoms with Gasteiger partial charge < -0.3 is 0 Å². The Balaban J connectivity index is 1.29. The van der Waals surface area contributed by atoms with Crippen LogP contribution in [-0.4, -0.2) is 15.0 Å². The van der Waals surface area contributed by atoms with Gasteiger partial charge in [-0.15, -0.1) is 0 Å². The first-order valence-electron chi connectivity index (χ1n) is 14.2. The fourth-order valence-electron chi connectivity index (χ4n) is 6.63. The summed E-state index contributed by atoms with van der Waals surface area (Å²) in [6, 6.07) is 43.4. The minimum atomic E-state index is 0.922. The molecular formula is C39H23N3. The largest absolute Gasteiger partial charge is 0.256 e. The van der Waals surface area contributed by atoms with Gasteiger partial charge >= 0.3 is 0 Å². The van der Waals surface area contributed by atoms with Gasteiger partial charge in [0.15, 0.2) is 0 Å². The first-order chi connectivity index (χ1) is 20.8. The maximum absolute atomic E-state index is 4.95. The second-order valence-corrected chi connectivity index (χ2v) is 10.9. The molecule has 0 spiro atoms. The van der Waals surface area contributed by atoms with Crippen molar-refractivity contribution in [2.45, 2.75) is 0 Å². The molecule has 3 heteroatoms. The summed E-state index contributed by atoms with van der Waals surface area (Å²) >= 11 is 0. The van der Waals surface area contributed by atoms with Gasteiger partial charge in [0.1, 0.15) is 0 Å². The zero-order valence-electron chi connectivity index (χ0n) is 22.6. The molecule has 42 heavy (non-hydrogen) atoms. The molecule has 0 saturated heterocycles. The SMILES string of the molecule is c1ccc2c(c1)ccc1cc(-c3ccc(-c4cnc5c(ccc6cccnc65)c4)c4cccnc34)c3ccccc3c12. The van der Waals surface area contributed by atoms with E-state index in [4.69, 9.17) is 9.97 Å². The zero-order valence-corrected chi connectivity index (χ0v) is 22.6. The van der Waals surface area contributed by atoms with Crippen molar-refractivity contribution < 1.29 is 0 Å². The number of nitrogens with zero attached hydrogens (tertiary/aromatic N) is 3. The van der Waals surface area contributed by atoms with Gasteiger partial charge in [-0.2, -0.15) is 0 Å². The van der Waals surface area contributed by atoms with E-state index in [-0.39, 0.29) is 0 Å². The lowest BCUT2D eigenvalue weighted by atomic mass is 9.89. The Morgan fingerprint density at radius 2 is 1.00 bits per heavy atom. The Morgan fingerprint density at radius 3 is 1.93 bits per heavy atom. The third-order valence-electron chi connectivity index (χ3n) is 8.54. The molecule has 3 aromatic heterocycles. The van der Waals surface area contributed by atoms with Crippen LogP contribution in [0.2, 0.25) is 0 Å². The van der Waals surface area contributed by atoms with Crippen molar-refractivity contribution in [3.63, 3.8) is 0 Å². The van der Waals surface area contributed by atoms with Crippen molar-refractivity contribution in [1.29, 1.82) is 0 Å². The number of rotatable bonds is 2. The highest BCUT2D eigenvalue weighted by atomic mass is 14.7. The van der Waals surface area contributed by atoms with Crippen molar-refractivity contribution in [3.8, 4) is 22.3 Å². The van der Waals surface area contributed by atoms with Gasteiger partial charge in [-0.25, -0.2) is 0 Å². The van der Waals surface area contributed by atoms with Crippen LogP contribution < -0.4 is 0 Å². The van der Waals surface area contributed by atoms with E-state index in [9.17, 15) is 0 Å². The monoisotopic (exact) mass is 533 g/mol. The third-order valence-corrected chi connectivity index (χ3v) is 8.54. The van der Waals surface area contributed by atoms with E-state index in [1.54, 1.807) is 0 Å². The summed E-state index contributed by atoms with van der Waals surface area (Å²) in [5.74, 6) is 0. The maximum atomic E-state index is 4.95. The first-order valence-corrected chi connectivity index (χ1v) is 14.2. The minimum absolute atomic E-state index is 0.922. The van der Waals surface area contributed by atoms with E-state index < -0.39 is 0 Å². The summed E-state index contributed by atoms with van der Waals surface area (Å²) in [4.78, 5) is 14.4. The molecule has 0 atom stereocenters. The fourth-order valence-corrected chi connectivity index (χ4v) is 6.63. The summed E-state index contributed by atoms with van der Waals surface area (Å²) in [6.07, 6.45) is 5.69. The molecule has 0 aliphatic rings. The van der Waals surface area contributed by atoms with Crippen molar-refractivity contribution in [2.24, 2.45) is 0 Å². The molecule has 0 saturated carbocycles. The lowest BCUT2D eigenvalue weighted by Gasteiger charge is -2.16. The van der Waals surface area contributed by atoms with E-state index in [1.165, 1.54) is 37.9 Å². The summed E-state index contributed by atoms with van der Waals surface area (Å²) in [5, 5.41) is 10.8. The second-order valence-electron chi connectivity index (χ2n) is 10.9. The van der Waals surface area contributed by atoms with Gasteiger partial charge in [-0.3, -0.25) is 15.0 Å². The van der Waals surface area contributed by atoms with Gasteiger partial charge in [0.25, 0.3) is 0 Å². The Bertz CT molecular complexity index is 2530. The van der Waals surface area contributed by atoms with E-state index in [1.807, 2.05) is 30.7 Å². The quantitative estimate of drug-likeness (QED) is 0.208. The number of aromatic nitrogens is 3. The average molecular weight is 534 g/mol. The Labute approximate surface area is 241 Å². The van der Waals surface area contributed by atoms with Crippen molar-refractivity contribution in [1.82, 2.24) is 15.0 Å². The molecule has 9 aromatic rings. The maximum Gasteiger partial charge on any atom is 0.0964 e. The highest BCUT2D eigenvalue weighted by Crippen LogP contribution is 2.42. The number of fused-ring (bicyclic) bond motifs is 9. The van der Waals surface area contributed by atoms with Crippen molar-refractivity contribution in [2.75, 3.05) is 0 Å². The molecule has 0 aliphatic carbocycles. The van der Waals surface area contributed by atoms with Crippen LogP contribution in [-0.2, 0) is 0 Å². The van der Waals surface area contributed by atoms with E-state index in [0.717, 1.165) is 49.4 Å². The normalized spacial score (nSPS) is 11.8. The predicted octanol–water partition coefficient (Wildman–Crippen LogP) is 10.1. The molecule has 6 aromatic carbocycles. The summed E-state index contributed by atoms with van der Waals surface area (Å²) in [7, 11) is 0. The van der Waals surface area contributed by atoms with Crippen molar-refractivity contribution >= 4 is 65.0 Å². The minimum Gasteiger partial charge on any atom is -0.256 e. The van der Waals surface area contributed by atoms with E-state index in [2.05, 4.69) is 114 Å². The molecule has 3 nitrogen and oxygen atoms in total. The van der Waals surface area contributed by atoms with Crippen LogP contribution in [0.3, 0.4) is 0 Å². The van der Waals surface area contributed by atoms with Crippen LogP contribution in [0.15, 0.2) is 140 Å². The smallest absolute Gasteiger partial charge is 0.0964 e. The molecule has 0 unspecified atom stereocenters. The lowest BCUT2D eigenvalue weighted by Crippen LogP contribution is -1.92.